The zero-order valence-corrected chi connectivity index (χ0v) is 17.7. The molecule has 7 nitrogen and oxygen atoms in total. The molecule has 8 heteroatoms. The Bertz CT molecular complexity index is 811. The summed E-state index contributed by atoms with van der Waals surface area (Å²) in [6, 6.07) is 5.63. The van der Waals surface area contributed by atoms with E-state index in [-0.39, 0.29) is 12.7 Å². The number of carbonyl (C=O) groups is 2. The fourth-order valence-corrected chi connectivity index (χ4v) is 2.59. The molecule has 1 rings (SSSR count). The first kappa shape index (κ1) is 24.5. The summed E-state index contributed by atoms with van der Waals surface area (Å²) in [7, 11) is 1.51. The van der Waals surface area contributed by atoms with Crippen LogP contribution < -0.4 is 10.8 Å². The number of aliphatic hydroxyl groups excluding tert-OH is 1. The van der Waals surface area contributed by atoms with Crippen LogP contribution in [0.5, 0.6) is 0 Å². The van der Waals surface area contributed by atoms with Gasteiger partial charge in [0.25, 0.3) is 11.8 Å². The Morgan fingerprint density at radius 1 is 1.24 bits per heavy atom. The van der Waals surface area contributed by atoms with E-state index in [9.17, 15) is 9.59 Å². The summed E-state index contributed by atoms with van der Waals surface area (Å²) < 4.78 is 4.38. The molecule has 156 valence electrons. The maximum absolute atomic E-state index is 12.5. The highest BCUT2D eigenvalue weighted by molar-refractivity contribution is 8.00. The minimum atomic E-state index is -0.917. The number of amides is 2. The first-order valence-corrected chi connectivity index (χ1v) is 10.0. The lowest BCUT2D eigenvalue weighted by Crippen LogP contribution is -2.55. The van der Waals surface area contributed by atoms with Gasteiger partial charge in [-0.05, 0) is 56.2 Å². The van der Waals surface area contributed by atoms with Crippen LogP contribution in [-0.2, 0) is 9.53 Å². The van der Waals surface area contributed by atoms with E-state index >= 15 is 0 Å². The third kappa shape index (κ3) is 7.80. The van der Waals surface area contributed by atoms with Gasteiger partial charge in [-0.25, -0.2) is 5.48 Å². The third-order valence-electron chi connectivity index (χ3n) is 4.24. The SMILES string of the molecule is COC(CO)CC#CC#Cc1ccc(C(=O)NC(C(=O)NO)C(C)(C)SC)cc1. The molecular formula is C21H26N2O5S. The number of aliphatic hydroxyl groups is 1. The van der Waals surface area contributed by atoms with Crippen LogP contribution in [0.1, 0.15) is 36.2 Å². The van der Waals surface area contributed by atoms with Crippen LogP contribution in [0.25, 0.3) is 0 Å². The Labute approximate surface area is 175 Å². The van der Waals surface area contributed by atoms with Gasteiger partial charge in [0.15, 0.2) is 0 Å². The van der Waals surface area contributed by atoms with Gasteiger partial charge in [-0.15, -0.1) is 0 Å². The van der Waals surface area contributed by atoms with Crippen molar-refractivity contribution in [2.75, 3.05) is 20.0 Å². The van der Waals surface area contributed by atoms with Crippen molar-refractivity contribution in [2.24, 2.45) is 0 Å². The molecular weight excluding hydrogens is 392 g/mol. The van der Waals surface area contributed by atoms with Crippen LogP contribution in [0.15, 0.2) is 24.3 Å². The highest BCUT2D eigenvalue weighted by atomic mass is 32.2. The Kier molecular flexibility index (Phi) is 10.3. The summed E-state index contributed by atoms with van der Waals surface area (Å²) >= 11 is 1.40. The molecule has 0 saturated carbocycles. The van der Waals surface area contributed by atoms with Crippen LogP contribution in [-0.4, -0.2) is 59.0 Å². The Morgan fingerprint density at radius 2 is 1.90 bits per heavy atom. The van der Waals surface area contributed by atoms with E-state index in [1.165, 1.54) is 18.9 Å². The third-order valence-corrected chi connectivity index (χ3v) is 5.53. The highest BCUT2D eigenvalue weighted by Crippen LogP contribution is 2.26. The van der Waals surface area contributed by atoms with Crippen molar-refractivity contribution in [2.45, 2.75) is 37.2 Å². The number of hydroxylamine groups is 1. The average Bonchev–Trinajstić information content (AvgIpc) is 2.74. The molecule has 1 aromatic rings. The predicted octanol–water partition coefficient (Wildman–Crippen LogP) is 1.18. The maximum atomic E-state index is 12.5. The molecule has 0 aliphatic rings. The number of carbonyl (C=O) groups excluding carboxylic acids is 2. The largest absolute Gasteiger partial charge is 0.394 e. The topological polar surface area (TPSA) is 108 Å². The van der Waals surface area contributed by atoms with Crippen LogP contribution in [0.4, 0.5) is 0 Å². The van der Waals surface area contributed by atoms with Crippen molar-refractivity contribution in [3.05, 3.63) is 35.4 Å². The van der Waals surface area contributed by atoms with Gasteiger partial charge < -0.3 is 15.2 Å². The molecule has 2 atom stereocenters. The standard InChI is InChI=1S/C21H26N2O5S/c1-21(2,29-4)18(20(26)23-27)22-19(25)16-12-10-15(11-13-16)8-6-5-7-9-17(14-24)28-3/h10-13,17-18,24,27H,9,14H2,1-4H3,(H,22,25)(H,23,26). The fraction of sp³-hybridized carbons (Fsp3) is 0.429. The van der Waals surface area contributed by atoms with Crippen molar-refractivity contribution in [1.82, 2.24) is 10.8 Å². The second-order valence-corrected chi connectivity index (χ2v) is 8.02. The molecule has 0 aromatic heterocycles. The quantitative estimate of drug-likeness (QED) is 0.287. The Morgan fingerprint density at radius 3 is 2.41 bits per heavy atom. The zero-order valence-electron chi connectivity index (χ0n) is 16.9. The second-order valence-electron chi connectivity index (χ2n) is 6.56. The number of methoxy groups -OCH3 is 1. The van der Waals surface area contributed by atoms with Gasteiger partial charge in [-0.1, -0.05) is 11.8 Å². The number of hydrogen-bond donors (Lipinski definition) is 4. The molecule has 0 aliphatic heterocycles. The molecule has 0 fully saturated rings. The van der Waals surface area contributed by atoms with E-state index in [1.807, 2.05) is 6.26 Å². The molecule has 1 aromatic carbocycles. The van der Waals surface area contributed by atoms with Crippen molar-refractivity contribution in [3.63, 3.8) is 0 Å². The lowest BCUT2D eigenvalue weighted by molar-refractivity contribution is -0.131. The summed E-state index contributed by atoms with van der Waals surface area (Å²) in [5, 5.41) is 20.6. The number of ether oxygens (including phenoxy) is 1. The summed E-state index contributed by atoms with van der Waals surface area (Å²) in [6.45, 7) is 3.50. The van der Waals surface area contributed by atoms with E-state index in [0.717, 1.165) is 0 Å². The second kappa shape index (κ2) is 12.2. The van der Waals surface area contributed by atoms with E-state index < -0.39 is 22.6 Å². The van der Waals surface area contributed by atoms with Crippen molar-refractivity contribution < 1.29 is 24.6 Å². The molecule has 4 N–H and O–H groups in total. The molecule has 2 amide bonds. The van der Waals surface area contributed by atoms with Gasteiger partial charge in [0.05, 0.1) is 12.7 Å². The summed E-state index contributed by atoms with van der Waals surface area (Å²) in [5.74, 6) is 9.94. The van der Waals surface area contributed by atoms with Gasteiger partial charge in [0.1, 0.15) is 6.04 Å². The first-order valence-electron chi connectivity index (χ1n) is 8.81. The van der Waals surface area contributed by atoms with Crippen LogP contribution in [0.3, 0.4) is 0 Å². The highest BCUT2D eigenvalue weighted by Gasteiger charge is 2.36. The van der Waals surface area contributed by atoms with Crippen molar-refractivity contribution >= 4 is 23.6 Å². The minimum Gasteiger partial charge on any atom is -0.394 e. The molecule has 2 unspecified atom stereocenters. The van der Waals surface area contributed by atoms with Gasteiger partial charge in [-0.3, -0.25) is 14.8 Å². The van der Waals surface area contributed by atoms with Gasteiger partial charge in [0, 0.05) is 29.4 Å². The number of thioether (sulfide) groups is 1. The van der Waals surface area contributed by atoms with Gasteiger partial charge in [-0.2, -0.15) is 11.8 Å². The van der Waals surface area contributed by atoms with Gasteiger partial charge in [0.2, 0.25) is 0 Å². The van der Waals surface area contributed by atoms with E-state index in [0.29, 0.717) is 17.5 Å². The zero-order chi connectivity index (χ0) is 21.9. The van der Waals surface area contributed by atoms with Crippen LogP contribution >= 0.6 is 11.8 Å². The lowest BCUT2D eigenvalue weighted by atomic mass is 10.0. The maximum Gasteiger partial charge on any atom is 0.267 e. The van der Waals surface area contributed by atoms with E-state index in [2.05, 4.69) is 29.0 Å². The number of benzene rings is 1. The lowest BCUT2D eigenvalue weighted by Gasteiger charge is -2.31. The van der Waals surface area contributed by atoms with Crippen molar-refractivity contribution in [1.29, 1.82) is 0 Å². The molecule has 0 heterocycles. The predicted molar refractivity (Wildman–Crippen MR) is 112 cm³/mol. The monoisotopic (exact) mass is 418 g/mol. The van der Waals surface area contributed by atoms with Crippen LogP contribution in [0, 0.1) is 23.7 Å². The molecule has 0 bridgehead atoms. The molecule has 0 saturated heterocycles. The normalized spacial score (nSPS) is 12.5. The Balaban J connectivity index is 2.81. The van der Waals surface area contributed by atoms with Crippen molar-refractivity contribution in [3.8, 4) is 23.7 Å². The van der Waals surface area contributed by atoms with Gasteiger partial charge >= 0.3 is 0 Å². The number of rotatable bonds is 8. The van der Waals surface area contributed by atoms with E-state index in [1.54, 1.807) is 43.6 Å². The first-order chi connectivity index (χ1) is 13.8. The molecule has 0 spiro atoms. The fourth-order valence-electron chi connectivity index (χ4n) is 2.19. The Hall–Kier alpha value is -2.49. The molecule has 29 heavy (non-hydrogen) atoms. The average molecular weight is 419 g/mol. The number of hydrogen-bond acceptors (Lipinski definition) is 6. The smallest absolute Gasteiger partial charge is 0.267 e. The van der Waals surface area contributed by atoms with Crippen LogP contribution in [0.2, 0.25) is 0 Å². The minimum absolute atomic E-state index is 0.100. The summed E-state index contributed by atoms with van der Waals surface area (Å²) in [5.41, 5.74) is 2.64. The number of nitrogens with one attached hydrogen (secondary N) is 2. The summed E-state index contributed by atoms with van der Waals surface area (Å²) in [4.78, 5) is 24.4. The molecule has 0 aliphatic carbocycles. The molecule has 0 radical (unpaired) electrons. The summed E-state index contributed by atoms with van der Waals surface area (Å²) in [6.07, 6.45) is 1.88. The van der Waals surface area contributed by atoms with E-state index in [4.69, 9.17) is 15.1 Å².